The van der Waals surface area contributed by atoms with Gasteiger partial charge < -0.3 is 15.4 Å². The topological polar surface area (TPSA) is 63.2 Å². The Morgan fingerprint density at radius 1 is 1.39 bits per heavy atom. The first-order valence-corrected chi connectivity index (χ1v) is 8.65. The second kappa shape index (κ2) is 8.53. The van der Waals surface area contributed by atoms with Gasteiger partial charge in [0.1, 0.15) is 16.8 Å². The molecule has 0 saturated heterocycles. The van der Waals surface area contributed by atoms with Crippen molar-refractivity contribution >= 4 is 22.9 Å². The van der Waals surface area contributed by atoms with Crippen molar-refractivity contribution in [1.82, 2.24) is 10.3 Å². The molecule has 23 heavy (non-hydrogen) atoms. The molecule has 0 spiro atoms. The van der Waals surface area contributed by atoms with E-state index in [1.807, 2.05) is 36.6 Å². The monoisotopic (exact) mass is 333 g/mol. The van der Waals surface area contributed by atoms with Crippen LogP contribution < -0.4 is 15.4 Å². The Morgan fingerprint density at radius 3 is 2.87 bits per heavy atom. The molecular formula is C17H23N3O2S. The summed E-state index contributed by atoms with van der Waals surface area (Å²) in [5, 5.41) is 9.17. The fraction of sp³-hybridized carbons (Fsp3) is 0.412. The van der Waals surface area contributed by atoms with Gasteiger partial charge >= 0.3 is 0 Å². The second-order valence-corrected chi connectivity index (χ2v) is 6.08. The van der Waals surface area contributed by atoms with Crippen LogP contribution >= 0.6 is 11.3 Å². The number of carbonyl (C=O) groups excluding carboxylic acids is 1. The van der Waals surface area contributed by atoms with Crippen molar-refractivity contribution in [3.63, 3.8) is 0 Å². The number of hydrogen-bond donors (Lipinski definition) is 2. The molecule has 2 aromatic rings. The summed E-state index contributed by atoms with van der Waals surface area (Å²) in [4.78, 5) is 16.8. The highest BCUT2D eigenvalue weighted by Crippen LogP contribution is 2.18. The van der Waals surface area contributed by atoms with Gasteiger partial charge in [-0.15, -0.1) is 11.3 Å². The van der Waals surface area contributed by atoms with E-state index in [9.17, 15) is 4.79 Å². The fourth-order valence-corrected chi connectivity index (χ4v) is 2.96. The summed E-state index contributed by atoms with van der Waals surface area (Å²) >= 11 is 1.58. The number of methoxy groups -OCH3 is 1. The summed E-state index contributed by atoms with van der Waals surface area (Å²) < 4.78 is 5.20. The van der Waals surface area contributed by atoms with E-state index in [0.717, 1.165) is 28.6 Å². The summed E-state index contributed by atoms with van der Waals surface area (Å²) in [7, 11) is 1.63. The third-order valence-corrected chi connectivity index (χ3v) is 4.41. The Bertz CT molecular complexity index is 642. The van der Waals surface area contributed by atoms with Crippen LogP contribution in [-0.2, 0) is 17.8 Å². The van der Waals surface area contributed by atoms with Gasteiger partial charge in [-0.2, -0.15) is 0 Å². The van der Waals surface area contributed by atoms with Gasteiger partial charge in [-0.1, -0.05) is 19.9 Å². The van der Waals surface area contributed by atoms with Crippen molar-refractivity contribution in [2.75, 3.05) is 12.4 Å². The molecule has 1 aromatic carbocycles. The lowest BCUT2D eigenvalue weighted by atomic mass is 10.2. The lowest BCUT2D eigenvalue weighted by Gasteiger charge is -2.18. The number of rotatable bonds is 8. The minimum absolute atomic E-state index is 0.0245. The number of carbonyl (C=O) groups is 1. The van der Waals surface area contributed by atoms with Crippen LogP contribution in [0.2, 0.25) is 0 Å². The van der Waals surface area contributed by atoms with Crippen LogP contribution in [0, 0.1) is 0 Å². The summed E-state index contributed by atoms with van der Waals surface area (Å²) in [6, 6.07) is 7.29. The van der Waals surface area contributed by atoms with E-state index in [2.05, 4.69) is 22.5 Å². The van der Waals surface area contributed by atoms with Crippen LogP contribution in [0.15, 0.2) is 29.6 Å². The van der Waals surface area contributed by atoms with E-state index in [-0.39, 0.29) is 11.9 Å². The van der Waals surface area contributed by atoms with E-state index < -0.39 is 0 Å². The zero-order valence-electron chi connectivity index (χ0n) is 13.8. The number of ether oxygens (including phenoxy) is 1. The first kappa shape index (κ1) is 17.3. The Morgan fingerprint density at radius 2 is 2.22 bits per heavy atom. The normalized spacial score (nSPS) is 11.8. The van der Waals surface area contributed by atoms with E-state index in [4.69, 9.17) is 4.74 Å². The highest BCUT2D eigenvalue weighted by atomic mass is 32.1. The summed E-state index contributed by atoms with van der Waals surface area (Å²) in [5.74, 6) is 0.740. The fourth-order valence-electron chi connectivity index (χ4n) is 2.15. The van der Waals surface area contributed by atoms with Gasteiger partial charge in [0, 0.05) is 17.1 Å². The van der Waals surface area contributed by atoms with Gasteiger partial charge in [0.25, 0.3) is 0 Å². The summed E-state index contributed by atoms with van der Waals surface area (Å²) in [5.41, 5.74) is 1.94. The number of nitrogens with zero attached hydrogens (tertiary/aromatic N) is 1. The molecule has 1 amide bonds. The van der Waals surface area contributed by atoms with Crippen molar-refractivity contribution in [1.29, 1.82) is 0 Å². The minimum Gasteiger partial charge on any atom is -0.497 e. The van der Waals surface area contributed by atoms with E-state index in [0.29, 0.717) is 13.0 Å². The molecule has 0 radical (unpaired) electrons. The highest BCUT2D eigenvalue weighted by molar-refractivity contribution is 7.09. The van der Waals surface area contributed by atoms with Crippen molar-refractivity contribution in [3.8, 4) is 5.75 Å². The molecule has 1 aromatic heterocycles. The second-order valence-electron chi connectivity index (χ2n) is 5.14. The molecule has 6 heteroatoms. The molecule has 1 atom stereocenters. The number of aryl methyl sites for hydroxylation is 1. The number of amides is 1. The van der Waals surface area contributed by atoms with Gasteiger partial charge in [0.2, 0.25) is 5.91 Å². The SMILES string of the molecule is CCc1csc(CNC(=O)[C@@H](CC)Nc2cccc(OC)c2)n1. The van der Waals surface area contributed by atoms with Crippen molar-refractivity contribution in [2.45, 2.75) is 39.3 Å². The van der Waals surface area contributed by atoms with Crippen molar-refractivity contribution < 1.29 is 9.53 Å². The molecule has 0 unspecified atom stereocenters. The Hall–Kier alpha value is -2.08. The lowest BCUT2D eigenvalue weighted by Crippen LogP contribution is -2.38. The molecular weight excluding hydrogens is 310 g/mol. The molecule has 0 bridgehead atoms. The molecule has 0 aliphatic heterocycles. The molecule has 0 aliphatic carbocycles. The molecule has 2 N–H and O–H groups in total. The highest BCUT2D eigenvalue weighted by Gasteiger charge is 2.16. The summed E-state index contributed by atoms with van der Waals surface area (Å²) in [6.07, 6.45) is 1.61. The smallest absolute Gasteiger partial charge is 0.242 e. The average Bonchev–Trinajstić information content (AvgIpc) is 3.05. The average molecular weight is 333 g/mol. The van der Waals surface area contributed by atoms with E-state index in [1.54, 1.807) is 18.4 Å². The first-order chi connectivity index (χ1) is 11.2. The molecule has 0 saturated carbocycles. The zero-order valence-corrected chi connectivity index (χ0v) is 14.6. The maximum atomic E-state index is 12.4. The minimum atomic E-state index is -0.285. The Balaban J connectivity index is 1.92. The largest absolute Gasteiger partial charge is 0.497 e. The number of nitrogens with one attached hydrogen (secondary N) is 2. The Kier molecular flexibility index (Phi) is 6.40. The van der Waals surface area contributed by atoms with Gasteiger partial charge in [-0.05, 0) is 25.0 Å². The van der Waals surface area contributed by atoms with Gasteiger partial charge in [0.05, 0.1) is 19.3 Å². The van der Waals surface area contributed by atoms with E-state index >= 15 is 0 Å². The first-order valence-electron chi connectivity index (χ1n) is 7.77. The quantitative estimate of drug-likeness (QED) is 0.778. The van der Waals surface area contributed by atoms with Crippen LogP contribution in [0.5, 0.6) is 5.75 Å². The number of benzene rings is 1. The van der Waals surface area contributed by atoms with Crippen LogP contribution in [0.1, 0.15) is 31.0 Å². The van der Waals surface area contributed by atoms with Gasteiger partial charge in [-0.25, -0.2) is 4.98 Å². The summed E-state index contributed by atoms with van der Waals surface area (Å²) in [6.45, 7) is 4.53. The van der Waals surface area contributed by atoms with Gasteiger partial charge in [0.15, 0.2) is 0 Å². The predicted molar refractivity (Wildman–Crippen MR) is 94.0 cm³/mol. The van der Waals surface area contributed by atoms with Crippen LogP contribution in [0.25, 0.3) is 0 Å². The number of hydrogen-bond acceptors (Lipinski definition) is 5. The lowest BCUT2D eigenvalue weighted by molar-refractivity contribution is -0.122. The predicted octanol–water partition coefficient (Wildman–Crippen LogP) is 3.22. The van der Waals surface area contributed by atoms with Crippen LogP contribution in [0.4, 0.5) is 5.69 Å². The number of anilines is 1. The maximum Gasteiger partial charge on any atom is 0.242 e. The molecule has 2 rings (SSSR count). The third kappa shape index (κ3) is 4.96. The maximum absolute atomic E-state index is 12.4. The van der Waals surface area contributed by atoms with E-state index in [1.165, 1.54) is 0 Å². The molecule has 1 heterocycles. The van der Waals surface area contributed by atoms with Crippen LogP contribution in [-0.4, -0.2) is 24.0 Å². The zero-order chi connectivity index (χ0) is 16.7. The number of aromatic nitrogens is 1. The number of thiazole rings is 1. The van der Waals surface area contributed by atoms with Crippen molar-refractivity contribution in [2.24, 2.45) is 0 Å². The molecule has 5 nitrogen and oxygen atoms in total. The molecule has 124 valence electrons. The molecule has 0 fully saturated rings. The van der Waals surface area contributed by atoms with Gasteiger partial charge in [-0.3, -0.25) is 4.79 Å². The third-order valence-electron chi connectivity index (χ3n) is 3.51. The van der Waals surface area contributed by atoms with Crippen molar-refractivity contribution in [3.05, 3.63) is 40.3 Å². The van der Waals surface area contributed by atoms with Crippen LogP contribution in [0.3, 0.4) is 0 Å². The molecule has 0 aliphatic rings. The standard InChI is InChI=1S/C17H23N3O2S/c1-4-12-11-23-16(20-12)10-18-17(21)15(5-2)19-13-7-6-8-14(9-13)22-3/h6-9,11,15,19H,4-5,10H2,1-3H3,(H,18,21)/t15-/m1/s1. The Labute approximate surface area is 141 Å².